The van der Waals surface area contributed by atoms with Gasteiger partial charge in [-0.05, 0) is 44.7 Å². The third-order valence-corrected chi connectivity index (χ3v) is 5.48. The summed E-state index contributed by atoms with van der Waals surface area (Å²) in [7, 11) is 0. The molecule has 2 heterocycles. The first-order valence-corrected chi connectivity index (χ1v) is 7.64. The van der Waals surface area contributed by atoms with E-state index in [1.54, 1.807) is 11.3 Å². The molecule has 3 rings (SSSR count). The van der Waals surface area contributed by atoms with Crippen LogP contribution >= 0.6 is 23.7 Å². The second-order valence-electron chi connectivity index (χ2n) is 5.39. The molecule has 1 aromatic rings. The van der Waals surface area contributed by atoms with Gasteiger partial charge in [-0.1, -0.05) is 0 Å². The van der Waals surface area contributed by atoms with Crippen LogP contribution in [0, 0.1) is 0 Å². The first kappa shape index (κ1) is 14.8. The molecule has 1 aromatic heterocycles. The van der Waals surface area contributed by atoms with Gasteiger partial charge in [0.25, 0.3) is 5.91 Å². The van der Waals surface area contributed by atoms with Gasteiger partial charge in [0.05, 0.1) is 4.88 Å². The second-order valence-corrected chi connectivity index (χ2v) is 6.53. The molecule has 1 N–H and O–H groups in total. The van der Waals surface area contributed by atoms with Gasteiger partial charge in [0.15, 0.2) is 0 Å². The van der Waals surface area contributed by atoms with E-state index in [1.807, 2.05) is 4.90 Å². The molecule has 0 bridgehead atoms. The van der Waals surface area contributed by atoms with E-state index in [0.29, 0.717) is 6.04 Å². The van der Waals surface area contributed by atoms with Crippen LogP contribution in [-0.4, -0.2) is 36.0 Å². The van der Waals surface area contributed by atoms with Crippen LogP contribution in [0.3, 0.4) is 0 Å². The number of nitrogens with one attached hydrogen (secondary N) is 1. The summed E-state index contributed by atoms with van der Waals surface area (Å²) in [5.74, 6) is 0.232. The highest BCUT2D eigenvalue weighted by atomic mass is 35.5. The molecule has 1 aliphatic heterocycles. The lowest BCUT2D eigenvalue weighted by atomic mass is 10.1. The molecule has 2 unspecified atom stereocenters. The van der Waals surface area contributed by atoms with Gasteiger partial charge in [-0.3, -0.25) is 4.79 Å². The average molecular weight is 301 g/mol. The molecule has 0 aromatic carbocycles. The Labute approximate surface area is 124 Å². The van der Waals surface area contributed by atoms with Crippen LogP contribution in [0.15, 0.2) is 6.07 Å². The molecular formula is C14H21ClN2OS. The van der Waals surface area contributed by atoms with E-state index in [4.69, 9.17) is 0 Å². The zero-order chi connectivity index (χ0) is 12.7. The summed E-state index contributed by atoms with van der Waals surface area (Å²) >= 11 is 1.72. The van der Waals surface area contributed by atoms with Crippen LogP contribution in [-0.2, 0) is 12.8 Å². The fourth-order valence-corrected chi connectivity index (χ4v) is 4.13. The number of halogens is 1. The number of thiophene rings is 1. The third-order valence-electron chi connectivity index (χ3n) is 4.25. The fraction of sp³-hybridized carbons (Fsp3) is 0.643. The molecule has 106 valence electrons. The van der Waals surface area contributed by atoms with Crippen molar-refractivity contribution in [1.82, 2.24) is 10.2 Å². The number of carbonyl (C=O) groups excluding carboxylic acids is 1. The van der Waals surface area contributed by atoms with Crippen LogP contribution in [0.25, 0.3) is 0 Å². The molecule has 1 fully saturated rings. The lowest BCUT2D eigenvalue weighted by molar-refractivity contribution is 0.0608. The number of hydrogen-bond donors (Lipinski definition) is 1. The van der Waals surface area contributed by atoms with Gasteiger partial charge in [0, 0.05) is 30.1 Å². The lowest BCUT2D eigenvalue weighted by Gasteiger charge is -2.38. The topological polar surface area (TPSA) is 32.3 Å². The van der Waals surface area contributed by atoms with Gasteiger partial charge in [-0.25, -0.2) is 0 Å². The van der Waals surface area contributed by atoms with E-state index in [2.05, 4.69) is 25.2 Å². The molecule has 1 saturated heterocycles. The minimum atomic E-state index is 0. The summed E-state index contributed by atoms with van der Waals surface area (Å²) in [6.45, 7) is 6.02. The van der Waals surface area contributed by atoms with Crippen LogP contribution in [0.4, 0.5) is 0 Å². The van der Waals surface area contributed by atoms with Crippen LogP contribution in [0.5, 0.6) is 0 Å². The maximum atomic E-state index is 12.6. The Morgan fingerprint density at radius 3 is 2.95 bits per heavy atom. The van der Waals surface area contributed by atoms with Crippen molar-refractivity contribution in [1.29, 1.82) is 0 Å². The molecular weight excluding hydrogens is 280 g/mol. The number of fused-ring (bicyclic) bond motifs is 1. The highest BCUT2D eigenvalue weighted by molar-refractivity contribution is 7.14. The van der Waals surface area contributed by atoms with Crippen molar-refractivity contribution in [2.24, 2.45) is 0 Å². The quantitative estimate of drug-likeness (QED) is 0.864. The van der Waals surface area contributed by atoms with E-state index >= 15 is 0 Å². The van der Waals surface area contributed by atoms with Gasteiger partial charge in [-0.2, -0.15) is 0 Å². The molecule has 2 atom stereocenters. The van der Waals surface area contributed by atoms with Crippen LogP contribution in [0.1, 0.15) is 40.4 Å². The lowest BCUT2D eigenvalue weighted by Crippen LogP contribution is -2.57. The first-order valence-electron chi connectivity index (χ1n) is 6.83. The zero-order valence-electron chi connectivity index (χ0n) is 11.4. The van der Waals surface area contributed by atoms with Gasteiger partial charge >= 0.3 is 0 Å². The molecule has 2 aliphatic rings. The van der Waals surface area contributed by atoms with Crippen molar-refractivity contribution in [3.63, 3.8) is 0 Å². The molecule has 0 spiro atoms. The molecule has 19 heavy (non-hydrogen) atoms. The largest absolute Gasteiger partial charge is 0.332 e. The number of aryl methyl sites for hydroxylation is 2. The maximum absolute atomic E-state index is 12.6. The number of hydrogen-bond acceptors (Lipinski definition) is 3. The number of piperazine rings is 1. The summed E-state index contributed by atoms with van der Waals surface area (Å²) in [4.78, 5) is 17.0. The average Bonchev–Trinajstić information content (AvgIpc) is 2.92. The number of nitrogens with zero attached hydrogens (tertiary/aromatic N) is 1. The smallest absolute Gasteiger partial charge is 0.264 e. The van der Waals surface area contributed by atoms with E-state index in [9.17, 15) is 4.79 Å². The Balaban J connectivity index is 0.00000133. The standard InChI is InChI=1S/C14H20N2OS.ClH/c1-9-10(2)16(7-6-15-9)14(17)13-8-11-4-3-5-12(11)18-13;/h8-10,15H,3-7H2,1-2H3;1H. The van der Waals surface area contributed by atoms with Crippen molar-refractivity contribution >= 4 is 29.7 Å². The van der Waals surface area contributed by atoms with Crippen molar-refractivity contribution in [2.75, 3.05) is 13.1 Å². The van der Waals surface area contributed by atoms with Crippen LogP contribution in [0.2, 0.25) is 0 Å². The summed E-state index contributed by atoms with van der Waals surface area (Å²) in [6.07, 6.45) is 3.59. The van der Waals surface area contributed by atoms with E-state index in [0.717, 1.165) is 24.4 Å². The van der Waals surface area contributed by atoms with Crippen molar-refractivity contribution < 1.29 is 4.79 Å². The Kier molecular flexibility index (Phi) is 4.54. The molecule has 3 nitrogen and oxygen atoms in total. The second kappa shape index (κ2) is 5.81. The highest BCUT2D eigenvalue weighted by Gasteiger charge is 2.30. The highest BCUT2D eigenvalue weighted by Crippen LogP contribution is 2.31. The van der Waals surface area contributed by atoms with E-state index in [-0.39, 0.29) is 24.4 Å². The van der Waals surface area contributed by atoms with Gasteiger partial charge < -0.3 is 10.2 Å². The van der Waals surface area contributed by atoms with E-state index in [1.165, 1.54) is 23.3 Å². The predicted octanol–water partition coefficient (Wildman–Crippen LogP) is 2.48. The molecule has 5 heteroatoms. The Morgan fingerprint density at radius 2 is 2.21 bits per heavy atom. The Hall–Kier alpha value is -0.580. The van der Waals surface area contributed by atoms with Gasteiger partial charge in [0.1, 0.15) is 0 Å². The molecule has 0 radical (unpaired) electrons. The fourth-order valence-electron chi connectivity index (χ4n) is 2.92. The molecule has 1 amide bonds. The van der Waals surface area contributed by atoms with Crippen molar-refractivity contribution in [3.8, 4) is 0 Å². The van der Waals surface area contributed by atoms with Crippen LogP contribution < -0.4 is 5.32 Å². The monoisotopic (exact) mass is 300 g/mol. The summed E-state index contributed by atoms with van der Waals surface area (Å²) in [6, 6.07) is 2.80. The first-order chi connectivity index (χ1) is 8.66. The number of carbonyl (C=O) groups is 1. The van der Waals surface area contributed by atoms with Crippen molar-refractivity contribution in [2.45, 2.75) is 45.2 Å². The maximum Gasteiger partial charge on any atom is 0.264 e. The molecule has 1 aliphatic carbocycles. The van der Waals surface area contributed by atoms with E-state index < -0.39 is 0 Å². The summed E-state index contributed by atoms with van der Waals surface area (Å²) in [5, 5.41) is 3.42. The summed E-state index contributed by atoms with van der Waals surface area (Å²) in [5.41, 5.74) is 1.42. The minimum Gasteiger partial charge on any atom is -0.332 e. The number of rotatable bonds is 1. The minimum absolute atomic E-state index is 0. The molecule has 0 saturated carbocycles. The third kappa shape index (κ3) is 2.67. The van der Waals surface area contributed by atoms with Crippen molar-refractivity contribution in [3.05, 3.63) is 21.4 Å². The predicted molar refractivity (Wildman–Crippen MR) is 81.6 cm³/mol. The normalized spacial score (nSPS) is 25.9. The SMILES string of the molecule is CC1NCCN(C(=O)c2cc3c(s2)CCC3)C1C.Cl. The van der Waals surface area contributed by atoms with Gasteiger partial charge in [-0.15, -0.1) is 23.7 Å². The number of amides is 1. The Morgan fingerprint density at radius 1 is 1.42 bits per heavy atom. The van der Waals surface area contributed by atoms with Gasteiger partial charge in [0.2, 0.25) is 0 Å². The zero-order valence-corrected chi connectivity index (χ0v) is 13.1. The Bertz CT molecular complexity index is 453. The summed E-state index contributed by atoms with van der Waals surface area (Å²) < 4.78 is 0.